The molecule has 2 heterocycles. The van der Waals surface area contributed by atoms with E-state index in [0.29, 0.717) is 23.6 Å². The average Bonchev–Trinajstić information content (AvgIpc) is 2.81. The van der Waals surface area contributed by atoms with Gasteiger partial charge in [0.15, 0.2) is 0 Å². The van der Waals surface area contributed by atoms with Crippen molar-refractivity contribution in [1.29, 1.82) is 0 Å². The van der Waals surface area contributed by atoms with E-state index >= 15 is 0 Å². The van der Waals surface area contributed by atoms with E-state index in [1.165, 1.54) is 0 Å². The summed E-state index contributed by atoms with van der Waals surface area (Å²) in [6.07, 6.45) is -5.50. The third-order valence-corrected chi connectivity index (χ3v) is 6.59. The van der Waals surface area contributed by atoms with Gasteiger partial charge in [0, 0.05) is 5.02 Å². The lowest BCUT2D eigenvalue weighted by molar-refractivity contribution is -0.303. The molecule has 34 heavy (non-hydrogen) atoms. The highest BCUT2D eigenvalue weighted by atomic mass is 35.5. The summed E-state index contributed by atoms with van der Waals surface area (Å²) in [5.41, 5.74) is 1.05. The lowest BCUT2D eigenvalue weighted by Gasteiger charge is -2.49. The van der Waals surface area contributed by atoms with Gasteiger partial charge in [-0.3, -0.25) is 0 Å². The van der Waals surface area contributed by atoms with Crippen molar-refractivity contribution in [1.82, 2.24) is 0 Å². The molecule has 4 N–H and O–H groups in total. The molecule has 0 aliphatic carbocycles. The minimum absolute atomic E-state index is 0.00826. The first-order chi connectivity index (χ1) is 16.3. The lowest BCUT2D eigenvalue weighted by Crippen LogP contribution is -2.66. The van der Waals surface area contributed by atoms with Crippen molar-refractivity contribution in [2.75, 3.05) is 33.0 Å². The van der Waals surface area contributed by atoms with Crippen LogP contribution in [0, 0.1) is 0 Å². The fourth-order valence-electron chi connectivity index (χ4n) is 4.40. The molecule has 2 aliphatic heterocycles. The molecule has 2 aromatic rings. The molecule has 186 valence electrons. The Bertz CT molecular complexity index is 942. The van der Waals surface area contributed by atoms with Crippen molar-refractivity contribution in [2.24, 2.45) is 0 Å². The van der Waals surface area contributed by atoms with E-state index < -0.39 is 36.1 Å². The summed E-state index contributed by atoms with van der Waals surface area (Å²) < 4.78 is 22.8. The monoisotopic (exact) mass is 494 g/mol. The van der Waals surface area contributed by atoms with Crippen LogP contribution in [-0.4, -0.2) is 83.5 Å². The van der Waals surface area contributed by atoms with Crippen LogP contribution in [0.3, 0.4) is 0 Å². The molecular formula is C25H31ClO8. The highest BCUT2D eigenvalue weighted by molar-refractivity contribution is 6.31. The first-order valence-corrected chi connectivity index (χ1v) is 11.8. The van der Waals surface area contributed by atoms with Gasteiger partial charge >= 0.3 is 0 Å². The van der Waals surface area contributed by atoms with Crippen LogP contribution in [0.2, 0.25) is 5.02 Å². The molecule has 9 heteroatoms. The molecule has 0 unspecified atom stereocenters. The van der Waals surface area contributed by atoms with Gasteiger partial charge in [-0.2, -0.15) is 0 Å². The molecular weight excluding hydrogens is 464 g/mol. The van der Waals surface area contributed by atoms with E-state index in [1.807, 2.05) is 37.3 Å². The van der Waals surface area contributed by atoms with Crippen LogP contribution in [0.5, 0.6) is 5.75 Å². The molecule has 2 aromatic carbocycles. The van der Waals surface area contributed by atoms with Gasteiger partial charge in [-0.1, -0.05) is 35.9 Å². The van der Waals surface area contributed by atoms with Crippen LogP contribution in [0.15, 0.2) is 42.5 Å². The third kappa shape index (κ3) is 5.40. The van der Waals surface area contributed by atoms with Gasteiger partial charge in [-0.05, 0) is 48.2 Å². The Morgan fingerprint density at radius 1 is 0.971 bits per heavy atom. The van der Waals surface area contributed by atoms with Crippen molar-refractivity contribution in [3.8, 4) is 5.75 Å². The Morgan fingerprint density at radius 2 is 1.65 bits per heavy atom. The van der Waals surface area contributed by atoms with Gasteiger partial charge in [-0.15, -0.1) is 0 Å². The van der Waals surface area contributed by atoms with E-state index in [0.717, 1.165) is 16.9 Å². The van der Waals surface area contributed by atoms with E-state index in [2.05, 4.69) is 0 Å². The first-order valence-electron chi connectivity index (χ1n) is 11.4. The summed E-state index contributed by atoms with van der Waals surface area (Å²) in [5.74, 6) is 0.791. The summed E-state index contributed by atoms with van der Waals surface area (Å²) in [7, 11) is 0. The zero-order chi connectivity index (χ0) is 24.3. The van der Waals surface area contributed by atoms with Crippen LogP contribution in [-0.2, 0) is 20.6 Å². The summed E-state index contributed by atoms with van der Waals surface area (Å²) in [6, 6.07) is 13.0. The molecule has 0 bridgehead atoms. The molecule has 2 saturated heterocycles. The van der Waals surface area contributed by atoms with Crippen molar-refractivity contribution in [3.63, 3.8) is 0 Å². The predicted molar refractivity (Wildman–Crippen MR) is 124 cm³/mol. The molecule has 2 fully saturated rings. The maximum atomic E-state index is 10.8. The highest BCUT2D eigenvalue weighted by Crippen LogP contribution is 2.40. The fourth-order valence-corrected chi connectivity index (χ4v) is 4.58. The quantitative estimate of drug-likeness (QED) is 0.495. The predicted octanol–water partition coefficient (Wildman–Crippen LogP) is 1.63. The van der Waals surface area contributed by atoms with Crippen LogP contribution in [0.4, 0.5) is 0 Å². The molecule has 2 aliphatic rings. The van der Waals surface area contributed by atoms with Crippen molar-refractivity contribution in [2.45, 2.75) is 49.5 Å². The van der Waals surface area contributed by atoms with E-state index in [-0.39, 0.29) is 26.4 Å². The second-order valence-corrected chi connectivity index (χ2v) is 9.23. The number of rotatable bonds is 5. The van der Waals surface area contributed by atoms with E-state index in [4.69, 9.17) is 30.5 Å². The molecule has 8 nitrogen and oxygen atoms in total. The van der Waals surface area contributed by atoms with E-state index in [1.54, 1.807) is 12.1 Å². The standard InChI is InChI=1S/C25H31ClO8/c1-2-33-19-6-3-15(4-7-19)9-17-10-16(5-8-20(17)26)23-21(28)22(29)24(30)25(34-23)13-31-11-18(27)12-32-14-25/h3-8,10,18,21-24,27-30H,2,9,11-14H2,1H3/t18?,21-,22-,23+,24+,25?/m1/s1. The molecule has 0 saturated carbocycles. The second kappa shape index (κ2) is 10.9. The molecule has 0 radical (unpaired) electrons. The maximum Gasteiger partial charge on any atom is 0.144 e. The highest BCUT2D eigenvalue weighted by Gasteiger charge is 2.54. The SMILES string of the molecule is CCOc1ccc(Cc2cc([C@@H]3OC4(COCC(O)COC4)[C@@H](O)[C@H](O)[C@H]3O)ccc2Cl)cc1. The minimum atomic E-state index is -1.49. The Hall–Kier alpha value is -1.75. The zero-order valence-electron chi connectivity index (χ0n) is 19.0. The van der Waals surface area contributed by atoms with Crippen LogP contribution < -0.4 is 4.74 Å². The first kappa shape index (κ1) is 25.3. The fraction of sp³-hybridized carbons (Fsp3) is 0.520. The number of halogens is 1. The Labute approximate surface area is 203 Å². The summed E-state index contributed by atoms with van der Waals surface area (Å²) in [4.78, 5) is 0. The number of aliphatic hydroxyl groups is 4. The zero-order valence-corrected chi connectivity index (χ0v) is 19.7. The summed E-state index contributed by atoms with van der Waals surface area (Å²) in [5, 5.41) is 42.5. The van der Waals surface area contributed by atoms with Gasteiger partial charge in [0.1, 0.15) is 41.9 Å². The normalized spacial score (nSPS) is 32.2. The molecule has 0 aromatic heterocycles. The Kier molecular flexibility index (Phi) is 8.12. The van der Waals surface area contributed by atoms with Crippen molar-refractivity contribution >= 4 is 11.6 Å². The molecule has 4 atom stereocenters. The summed E-state index contributed by atoms with van der Waals surface area (Å²) in [6.45, 7) is 2.31. The number of hydrogen-bond donors (Lipinski definition) is 4. The largest absolute Gasteiger partial charge is 0.494 e. The molecule has 1 spiro atoms. The van der Waals surface area contributed by atoms with Gasteiger partial charge in [0.25, 0.3) is 0 Å². The van der Waals surface area contributed by atoms with E-state index in [9.17, 15) is 20.4 Å². The van der Waals surface area contributed by atoms with Gasteiger partial charge in [0.05, 0.1) is 33.0 Å². The average molecular weight is 495 g/mol. The number of benzene rings is 2. The summed E-state index contributed by atoms with van der Waals surface area (Å²) >= 11 is 6.47. The van der Waals surface area contributed by atoms with Crippen LogP contribution >= 0.6 is 11.6 Å². The van der Waals surface area contributed by atoms with Crippen LogP contribution in [0.25, 0.3) is 0 Å². The maximum absolute atomic E-state index is 10.8. The number of ether oxygens (including phenoxy) is 4. The second-order valence-electron chi connectivity index (χ2n) is 8.82. The lowest BCUT2D eigenvalue weighted by atomic mass is 9.83. The van der Waals surface area contributed by atoms with Crippen molar-refractivity contribution < 1.29 is 39.4 Å². The number of aliphatic hydroxyl groups excluding tert-OH is 4. The molecule has 4 rings (SSSR count). The van der Waals surface area contributed by atoms with Gasteiger partial charge in [0.2, 0.25) is 0 Å². The Morgan fingerprint density at radius 3 is 2.29 bits per heavy atom. The van der Waals surface area contributed by atoms with Gasteiger partial charge < -0.3 is 39.4 Å². The Balaban J connectivity index is 1.58. The smallest absolute Gasteiger partial charge is 0.144 e. The molecule has 0 amide bonds. The minimum Gasteiger partial charge on any atom is -0.494 e. The topological polar surface area (TPSA) is 118 Å². The number of hydrogen-bond acceptors (Lipinski definition) is 8. The van der Waals surface area contributed by atoms with Gasteiger partial charge in [-0.25, -0.2) is 0 Å². The van der Waals surface area contributed by atoms with Crippen molar-refractivity contribution in [3.05, 3.63) is 64.2 Å². The third-order valence-electron chi connectivity index (χ3n) is 6.22. The van der Waals surface area contributed by atoms with Crippen LogP contribution in [0.1, 0.15) is 29.7 Å².